The number of benzene rings is 1. The average molecular weight is 487 g/mol. The molecule has 2 N–H and O–H groups in total. The summed E-state index contributed by atoms with van der Waals surface area (Å²) >= 11 is 6.05. The van der Waals surface area contributed by atoms with Crippen LogP contribution < -0.4 is 15.4 Å². The number of nitrogens with one attached hydrogen (secondary N) is 2. The third-order valence-electron chi connectivity index (χ3n) is 4.94. The highest BCUT2D eigenvalue weighted by atomic mass is 35.5. The molecule has 0 unspecified atom stereocenters. The van der Waals surface area contributed by atoms with Crippen molar-refractivity contribution in [1.29, 1.82) is 0 Å². The average Bonchev–Trinajstić information content (AvgIpc) is 2.81. The predicted molar refractivity (Wildman–Crippen MR) is 146 cm³/mol. The summed E-state index contributed by atoms with van der Waals surface area (Å²) in [6.45, 7) is 22.0. The number of carbonyl (C=O) groups excluding carboxylic acids is 1. The largest absolute Gasteiger partial charge is 0.495 e. The molecule has 0 aliphatic carbocycles. The number of methoxy groups -OCH3 is 1. The van der Waals surface area contributed by atoms with Crippen LogP contribution in [0, 0.1) is 0 Å². The van der Waals surface area contributed by atoms with Crippen LogP contribution >= 0.6 is 11.6 Å². The predicted octanol–water partition coefficient (Wildman–Crippen LogP) is 5.20. The molecular formula is C26H51ClN4O2. The van der Waals surface area contributed by atoms with E-state index in [1.807, 2.05) is 40.7 Å². The van der Waals surface area contributed by atoms with Crippen LogP contribution in [0.25, 0.3) is 0 Å². The number of hydrogen-bond donors (Lipinski definition) is 2. The van der Waals surface area contributed by atoms with Crippen molar-refractivity contribution < 1.29 is 9.53 Å². The first-order valence-electron chi connectivity index (χ1n) is 12.7. The molecular weight excluding hydrogens is 436 g/mol. The summed E-state index contributed by atoms with van der Waals surface area (Å²) in [5, 5.41) is 6.93. The van der Waals surface area contributed by atoms with Crippen molar-refractivity contribution in [3.63, 3.8) is 0 Å². The van der Waals surface area contributed by atoms with Gasteiger partial charge in [0.1, 0.15) is 12.0 Å². The lowest BCUT2D eigenvalue weighted by atomic mass is 10.1. The Kier molecular flexibility index (Phi) is 23.0. The van der Waals surface area contributed by atoms with Crippen molar-refractivity contribution in [1.82, 2.24) is 15.1 Å². The van der Waals surface area contributed by atoms with E-state index in [1.54, 1.807) is 13.2 Å². The molecule has 2 fully saturated rings. The molecule has 2 heterocycles. The summed E-state index contributed by atoms with van der Waals surface area (Å²) in [5.74, 6) is 0.707. The number of hydrogen-bond acceptors (Lipinski definition) is 6. The monoisotopic (exact) mass is 486 g/mol. The zero-order valence-electron chi connectivity index (χ0n) is 22.8. The van der Waals surface area contributed by atoms with Crippen molar-refractivity contribution in [3.8, 4) is 5.75 Å². The molecule has 0 aromatic heterocycles. The molecule has 0 spiro atoms. The minimum absolute atomic E-state index is 0.248. The highest BCUT2D eigenvalue weighted by Gasteiger charge is 2.26. The number of halogens is 1. The van der Waals surface area contributed by atoms with Gasteiger partial charge in [-0.05, 0) is 31.2 Å². The number of ether oxygens (including phenoxy) is 1. The molecule has 0 amide bonds. The Hall–Kier alpha value is -1.34. The zero-order chi connectivity index (χ0) is 25.6. The molecule has 1 aromatic carbocycles. The standard InChI is InChI=1S/C11H14ClNO2.C8H17N3.C3H8.2C2H6/c1-3-8-6-11(15-2)10(7-9(8)12)13-4-5-14;1-10-2-4-11(5-3-10)8-6-9-7-8;1-3-2;2*1-2/h5-7,13H,3-4H2,1-2H3;8-9H,2-7H2,1H3;3H2,1-2H3;2*1-2H3. The molecule has 194 valence electrons. The molecule has 0 saturated carbocycles. The van der Waals surface area contributed by atoms with E-state index >= 15 is 0 Å². The van der Waals surface area contributed by atoms with E-state index < -0.39 is 0 Å². The molecule has 2 saturated heterocycles. The van der Waals surface area contributed by atoms with Crippen molar-refractivity contribution in [2.75, 3.05) is 65.3 Å². The Bertz CT molecular complexity index is 590. The molecule has 1 aromatic rings. The van der Waals surface area contributed by atoms with Gasteiger partial charge < -0.3 is 25.1 Å². The zero-order valence-corrected chi connectivity index (χ0v) is 23.5. The van der Waals surface area contributed by atoms with Crippen LogP contribution in [0.15, 0.2) is 12.1 Å². The van der Waals surface area contributed by atoms with Gasteiger partial charge in [0.2, 0.25) is 0 Å². The minimum atomic E-state index is 0.248. The second-order valence-electron chi connectivity index (χ2n) is 7.40. The summed E-state index contributed by atoms with van der Waals surface area (Å²) in [6.07, 6.45) is 2.89. The van der Waals surface area contributed by atoms with Crippen LogP contribution in [-0.2, 0) is 11.2 Å². The maximum atomic E-state index is 10.2. The maximum absolute atomic E-state index is 10.2. The van der Waals surface area contributed by atoms with Crippen molar-refractivity contribution in [3.05, 3.63) is 22.7 Å². The second kappa shape index (κ2) is 22.5. The van der Waals surface area contributed by atoms with Crippen LogP contribution in [0.4, 0.5) is 5.69 Å². The van der Waals surface area contributed by atoms with Crippen molar-refractivity contribution in [2.45, 2.75) is 67.3 Å². The highest BCUT2D eigenvalue weighted by Crippen LogP contribution is 2.31. The molecule has 33 heavy (non-hydrogen) atoms. The van der Waals surface area contributed by atoms with Gasteiger partial charge in [0.05, 0.1) is 19.3 Å². The number of carbonyl (C=O) groups is 1. The molecule has 0 atom stereocenters. The molecule has 0 radical (unpaired) electrons. The Morgan fingerprint density at radius 3 is 2.03 bits per heavy atom. The van der Waals surface area contributed by atoms with Crippen LogP contribution in [-0.4, -0.2) is 82.1 Å². The summed E-state index contributed by atoms with van der Waals surface area (Å²) in [6, 6.07) is 4.52. The van der Waals surface area contributed by atoms with E-state index in [1.165, 1.54) is 45.7 Å². The number of nitrogens with zero attached hydrogens (tertiary/aromatic N) is 2. The van der Waals surface area contributed by atoms with Gasteiger partial charge in [0.15, 0.2) is 0 Å². The van der Waals surface area contributed by atoms with Gasteiger partial charge in [-0.25, -0.2) is 0 Å². The number of anilines is 1. The number of aryl methyl sites for hydroxylation is 1. The molecule has 2 aliphatic rings. The van der Waals surface area contributed by atoms with Crippen molar-refractivity contribution in [2.24, 2.45) is 0 Å². The molecule has 3 rings (SSSR count). The lowest BCUT2D eigenvalue weighted by Gasteiger charge is -2.42. The molecule has 0 bridgehead atoms. The van der Waals surface area contributed by atoms with Gasteiger partial charge in [-0.2, -0.15) is 0 Å². The number of rotatable bonds is 6. The lowest BCUT2D eigenvalue weighted by Crippen LogP contribution is -2.61. The molecule has 7 heteroatoms. The Morgan fingerprint density at radius 1 is 1.09 bits per heavy atom. The highest BCUT2D eigenvalue weighted by molar-refractivity contribution is 6.31. The number of aldehydes is 1. The Morgan fingerprint density at radius 2 is 1.64 bits per heavy atom. The van der Waals surface area contributed by atoms with Gasteiger partial charge in [0.25, 0.3) is 0 Å². The van der Waals surface area contributed by atoms with Gasteiger partial charge in [0, 0.05) is 50.3 Å². The van der Waals surface area contributed by atoms with Gasteiger partial charge in [-0.1, -0.05) is 66.5 Å². The third-order valence-corrected chi connectivity index (χ3v) is 5.29. The topological polar surface area (TPSA) is 56.8 Å². The first-order chi connectivity index (χ1) is 16.0. The van der Waals surface area contributed by atoms with Crippen LogP contribution in [0.1, 0.15) is 60.5 Å². The normalized spacial score (nSPS) is 15.5. The summed E-state index contributed by atoms with van der Waals surface area (Å²) in [7, 11) is 3.80. The fraction of sp³-hybridized carbons (Fsp3) is 0.731. The van der Waals surface area contributed by atoms with E-state index in [0.717, 1.165) is 30.0 Å². The van der Waals surface area contributed by atoms with Crippen molar-refractivity contribution >= 4 is 23.6 Å². The van der Waals surface area contributed by atoms with Crippen LogP contribution in [0.3, 0.4) is 0 Å². The SMILES string of the molecule is CC.CC.CCC.CCc1cc(OC)c(NCC=O)cc1Cl.CN1CCN(C2CNC2)CC1. The Balaban J connectivity index is 0. The number of likely N-dealkylation sites (N-methyl/N-ethyl adjacent to an activating group) is 1. The first kappa shape index (κ1) is 33.8. The quantitative estimate of drug-likeness (QED) is 0.539. The Labute approximate surface area is 209 Å². The smallest absolute Gasteiger partial charge is 0.142 e. The van der Waals surface area contributed by atoms with Gasteiger partial charge in [-0.15, -0.1) is 0 Å². The first-order valence-corrected chi connectivity index (χ1v) is 13.1. The fourth-order valence-corrected chi connectivity index (χ4v) is 3.34. The van der Waals surface area contributed by atoms with Gasteiger partial charge >= 0.3 is 0 Å². The second-order valence-corrected chi connectivity index (χ2v) is 7.81. The maximum Gasteiger partial charge on any atom is 0.142 e. The number of piperazine rings is 1. The van der Waals surface area contributed by atoms with E-state index in [9.17, 15) is 4.79 Å². The third kappa shape index (κ3) is 13.8. The fourth-order valence-electron chi connectivity index (χ4n) is 3.04. The van der Waals surface area contributed by atoms with Crippen LogP contribution in [0.2, 0.25) is 5.02 Å². The van der Waals surface area contributed by atoms with E-state index in [0.29, 0.717) is 10.8 Å². The minimum Gasteiger partial charge on any atom is -0.495 e. The molecule has 6 nitrogen and oxygen atoms in total. The van der Waals surface area contributed by atoms with Crippen LogP contribution in [0.5, 0.6) is 5.75 Å². The van der Waals surface area contributed by atoms with E-state index in [2.05, 4.69) is 41.3 Å². The summed E-state index contributed by atoms with van der Waals surface area (Å²) in [4.78, 5) is 15.3. The van der Waals surface area contributed by atoms with Gasteiger partial charge in [-0.3, -0.25) is 4.90 Å². The molecule has 2 aliphatic heterocycles. The summed E-state index contributed by atoms with van der Waals surface area (Å²) < 4.78 is 5.20. The van der Waals surface area contributed by atoms with E-state index in [4.69, 9.17) is 16.3 Å². The lowest BCUT2D eigenvalue weighted by molar-refractivity contribution is -0.106. The van der Waals surface area contributed by atoms with E-state index in [-0.39, 0.29) is 6.54 Å². The summed E-state index contributed by atoms with van der Waals surface area (Å²) in [5.41, 5.74) is 1.77.